The molecule has 0 radical (unpaired) electrons. The third-order valence-corrected chi connectivity index (χ3v) is 2.70. The van der Waals surface area contributed by atoms with Crippen molar-refractivity contribution in [2.75, 3.05) is 11.9 Å². The minimum absolute atomic E-state index is 0.0493. The molecule has 21 heavy (non-hydrogen) atoms. The maximum atomic E-state index is 13.3. The van der Waals surface area contributed by atoms with E-state index >= 15 is 0 Å². The van der Waals surface area contributed by atoms with Gasteiger partial charge in [0.25, 0.3) is 0 Å². The van der Waals surface area contributed by atoms with E-state index in [9.17, 15) is 9.18 Å². The van der Waals surface area contributed by atoms with Crippen LogP contribution in [-0.4, -0.2) is 22.5 Å². The molecule has 0 fully saturated rings. The molecule has 1 aromatic carbocycles. The van der Waals surface area contributed by atoms with Gasteiger partial charge in [0.05, 0.1) is 12.8 Å². The molecule has 0 aliphatic carbocycles. The van der Waals surface area contributed by atoms with Crippen molar-refractivity contribution in [1.82, 2.24) is 9.97 Å². The number of hydrogen-bond acceptors (Lipinski definition) is 4. The summed E-state index contributed by atoms with van der Waals surface area (Å²) in [5.74, 6) is -1.26. The first kappa shape index (κ1) is 14.9. The Balaban J connectivity index is 1.84. The lowest BCUT2D eigenvalue weighted by Gasteiger charge is -2.07. The average Bonchev–Trinajstić information content (AvgIpc) is 2.47. The van der Waals surface area contributed by atoms with Crippen LogP contribution in [0.5, 0.6) is 6.01 Å². The highest BCUT2D eigenvalue weighted by molar-refractivity contribution is 5.87. The van der Waals surface area contributed by atoms with E-state index in [1.807, 2.05) is 30.3 Å². The molecule has 1 N–H and O–H groups in total. The molecule has 0 aliphatic heterocycles. The van der Waals surface area contributed by atoms with Gasteiger partial charge >= 0.3 is 6.01 Å². The molecule has 0 unspecified atom stereocenters. The molecule has 110 valence electrons. The Hall–Kier alpha value is -2.50. The molecule has 0 bridgehead atoms. The van der Waals surface area contributed by atoms with Crippen LogP contribution in [0.2, 0.25) is 0 Å². The average molecular weight is 289 g/mol. The fraction of sp³-hybridized carbons (Fsp3) is 0.267. The molecule has 0 saturated heterocycles. The van der Waals surface area contributed by atoms with Crippen molar-refractivity contribution >= 4 is 11.7 Å². The van der Waals surface area contributed by atoms with E-state index in [1.54, 1.807) is 0 Å². The summed E-state index contributed by atoms with van der Waals surface area (Å²) in [6.07, 6.45) is 2.64. The highest BCUT2D eigenvalue weighted by Crippen LogP contribution is 2.13. The number of anilines is 1. The van der Waals surface area contributed by atoms with E-state index in [0.717, 1.165) is 19.0 Å². The molecular weight excluding hydrogens is 273 g/mol. The summed E-state index contributed by atoms with van der Waals surface area (Å²) in [4.78, 5) is 18.5. The van der Waals surface area contributed by atoms with Gasteiger partial charge in [0.1, 0.15) is 0 Å². The minimum atomic E-state index is -0.693. The van der Waals surface area contributed by atoms with Crippen LogP contribution in [0.4, 0.5) is 10.2 Å². The molecule has 1 aromatic heterocycles. The molecule has 0 saturated carbocycles. The summed E-state index contributed by atoms with van der Waals surface area (Å²) in [7, 11) is 0. The van der Waals surface area contributed by atoms with E-state index in [1.165, 1.54) is 12.5 Å². The van der Waals surface area contributed by atoms with Crippen LogP contribution >= 0.6 is 0 Å². The largest absolute Gasteiger partial charge is 0.463 e. The first-order valence-corrected chi connectivity index (χ1v) is 6.62. The number of hydrogen-bond donors (Lipinski definition) is 1. The van der Waals surface area contributed by atoms with Crippen LogP contribution < -0.4 is 10.1 Å². The van der Waals surface area contributed by atoms with Gasteiger partial charge in [-0.2, -0.15) is 4.98 Å². The first-order chi connectivity index (χ1) is 10.1. The van der Waals surface area contributed by atoms with E-state index in [0.29, 0.717) is 6.61 Å². The number of carbonyl (C=O) groups is 1. The van der Waals surface area contributed by atoms with Crippen molar-refractivity contribution in [3.63, 3.8) is 0 Å². The van der Waals surface area contributed by atoms with Gasteiger partial charge in [0, 0.05) is 6.92 Å². The molecular formula is C15H16FN3O2. The number of aromatic nitrogens is 2. The van der Waals surface area contributed by atoms with Crippen LogP contribution in [0, 0.1) is 5.82 Å². The van der Waals surface area contributed by atoms with Crippen LogP contribution in [0.3, 0.4) is 0 Å². The summed E-state index contributed by atoms with van der Waals surface area (Å²) >= 11 is 0. The summed E-state index contributed by atoms with van der Waals surface area (Å²) in [6, 6.07) is 10.1. The number of aryl methyl sites for hydroxylation is 1. The number of ether oxygens (including phenoxy) is 1. The number of rotatable bonds is 6. The molecule has 2 rings (SSSR count). The Morgan fingerprint density at radius 3 is 2.81 bits per heavy atom. The minimum Gasteiger partial charge on any atom is -0.463 e. The van der Waals surface area contributed by atoms with Crippen LogP contribution in [0.15, 0.2) is 36.5 Å². The molecule has 0 atom stereocenters. The van der Waals surface area contributed by atoms with Gasteiger partial charge < -0.3 is 10.1 Å². The summed E-state index contributed by atoms with van der Waals surface area (Å²) in [5, 5.41) is 2.28. The Morgan fingerprint density at radius 2 is 2.10 bits per heavy atom. The lowest BCUT2D eigenvalue weighted by Crippen LogP contribution is -2.11. The van der Waals surface area contributed by atoms with Crippen molar-refractivity contribution < 1.29 is 13.9 Å². The van der Waals surface area contributed by atoms with Crippen molar-refractivity contribution in [2.24, 2.45) is 0 Å². The Labute approximate surface area is 122 Å². The van der Waals surface area contributed by atoms with Crippen LogP contribution in [0.25, 0.3) is 0 Å². The molecule has 5 nitrogen and oxygen atoms in total. The maximum absolute atomic E-state index is 13.3. The van der Waals surface area contributed by atoms with E-state index in [4.69, 9.17) is 4.74 Å². The fourth-order valence-electron chi connectivity index (χ4n) is 1.76. The smallest absolute Gasteiger partial charge is 0.318 e. The quantitative estimate of drug-likeness (QED) is 0.830. The lowest BCUT2D eigenvalue weighted by molar-refractivity contribution is -0.114. The monoisotopic (exact) mass is 289 g/mol. The number of nitrogens with one attached hydrogen (secondary N) is 1. The number of carbonyl (C=O) groups excluding carboxylic acids is 1. The second kappa shape index (κ2) is 7.33. The SMILES string of the molecule is CC(=O)Nc1nc(OCCCc2ccccc2)ncc1F. The predicted octanol–water partition coefficient (Wildman–Crippen LogP) is 2.59. The zero-order chi connectivity index (χ0) is 15.1. The molecule has 6 heteroatoms. The zero-order valence-corrected chi connectivity index (χ0v) is 11.7. The third-order valence-electron chi connectivity index (χ3n) is 2.70. The van der Waals surface area contributed by atoms with Crippen molar-refractivity contribution in [3.8, 4) is 6.01 Å². The Kier molecular flexibility index (Phi) is 5.20. The van der Waals surface area contributed by atoms with Crippen molar-refractivity contribution in [3.05, 3.63) is 47.9 Å². The molecule has 1 heterocycles. The molecule has 2 aromatic rings. The lowest BCUT2D eigenvalue weighted by atomic mass is 10.1. The topological polar surface area (TPSA) is 64.1 Å². The third kappa shape index (κ3) is 4.83. The standard InChI is InChI=1S/C15H16FN3O2/c1-11(20)18-14-13(16)10-17-15(19-14)21-9-5-8-12-6-3-2-4-7-12/h2-4,6-7,10H,5,8-9H2,1H3,(H,17,18,19,20). The van der Waals surface area contributed by atoms with Crippen LogP contribution in [-0.2, 0) is 11.2 Å². The summed E-state index contributed by atoms with van der Waals surface area (Å²) in [6.45, 7) is 1.70. The normalized spacial score (nSPS) is 10.2. The highest BCUT2D eigenvalue weighted by atomic mass is 19.1. The second-order valence-electron chi connectivity index (χ2n) is 4.47. The highest BCUT2D eigenvalue weighted by Gasteiger charge is 2.08. The van der Waals surface area contributed by atoms with Gasteiger partial charge in [-0.05, 0) is 18.4 Å². The zero-order valence-electron chi connectivity index (χ0n) is 11.7. The summed E-state index contributed by atoms with van der Waals surface area (Å²) in [5.41, 5.74) is 1.22. The number of halogens is 1. The maximum Gasteiger partial charge on any atom is 0.318 e. The van der Waals surface area contributed by atoms with Gasteiger partial charge in [0.15, 0.2) is 11.6 Å². The van der Waals surface area contributed by atoms with Gasteiger partial charge in [-0.25, -0.2) is 9.37 Å². The molecule has 0 spiro atoms. The van der Waals surface area contributed by atoms with Crippen molar-refractivity contribution in [1.29, 1.82) is 0 Å². The summed E-state index contributed by atoms with van der Waals surface area (Å²) < 4.78 is 18.7. The number of nitrogens with zero attached hydrogens (tertiary/aromatic N) is 2. The molecule has 1 amide bonds. The van der Waals surface area contributed by atoms with E-state index in [-0.39, 0.29) is 11.8 Å². The van der Waals surface area contributed by atoms with Gasteiger partial charge in [-0.3, -0.25) is 4.79 Å². The van der Waals surface area contributed by atoms with Gasteiger partial charge in [-0.15, -0.1) is 0 Å². The van der Waals surface area contributed by atoms with Gasteiger partial charge in [0.2, 0.25) is 5.91 Å². The Bertz CT molecular complexity index is 605. The number of benzene rings is 1. The van der Waals surface area contributed by atoms with Gasteiger partial charge in [-0.1, -0.05) is 30.3 Å². The second-order valence-corrected chi connectivity index (χ2v) is 4.47. The number of amides is 1. The van der Waals surface area contributed by atoms with E-state index < -0.39 is 11.7 Å². The fourth-order valence-corrected chi connectivity index (χ4v) is 1.76. The van der Waals surface area contributed by atoms with E-state index in [2.05, 4.69) is 15.3 Å². The molecule has 0 aliphatic rings. The van der Waals surface area contributed by atoms with Crippen molar-refractivity contribution in [2.45, 2.75) is 19.8 Å². The Morgan fingerprint density at radius 1 is 1.33 bits per heavy atom. The van der Waals surface area contributed by atoms with Crippen LogP contribution in [0.1, 0.15) is 18.9 Å². The first-order valence-electron chi connectivity index (χ1n) is 6.62. The predicted molar refractivity (Wildman–Crippen MR) is 76.6 cm³/mol.